The molecule has 0 amide bonds. The monoisotopic (exact) mass is 293 g/mol. The minimum atomic E-state index is 0.148. The second kappa shape index (κ2) is 5.02. The van der Waals surface area contributed by atoms with Gasteiger partial charge >= 0.3 is 0 Å². The topological polar surface area (TPSA) is 43.8 Å². The van der Waals surface area contributed by atoms with Crippen LogP contribution < -0.4 is 5.73 Å². The van der Waals surface area contributed by atoms with E-state index in [1.807, 2.05) is 17.8 Å². The van der Waals surface area contributed by atoms with E-state index in [1.165, 1.54) is 11.1 Å². The molecule has 0 spiro atoms. The molecular formula is C13H16BrN3. The molecule has 1 aromatic heterocycles. The first-order valence-electron chi connectivity index (χ1n) is 5.62. The number of hydrogen-bond donors (Lipinski definition) is 1. The van der Waals surface area contributed by atoms with Crippen LogP contribution in [0, 0.1) is 6.92 Å². The maximum atomic E-state index is 5.89. The van der Waals surface area contributed by atoms with Crippen molar-refractivity contribution in [1.82, 2.24) is 9.78 Å². The van der Waals surface area contributed by atoms with Crippen molar-refractivity contribution >= 4 is 15.9 Å². The first-order chi connectivity index (χ1) is 8.06. The Bertz CT molecular complexity index is 517. The average Bonchev–Trinajstić information content (AvgIpc) is 2.64. The molecule has 0 aliphatic carbocycles. The van der Waals surface area contributed by atoms with Crippen LogP contribution >= 0.6 is 15.9 Å². The van der Waals surface area contributed by atoms with Gasteiger partial charge in [-0.05, 0) is 47.8 Å². The van der Waals surface area contributed by atoms with Crippen molar-refractivity contribution in [3.63, 3.8) is 0 Å². The van der Waals surface area contributed by atoms with E-state index in [-0.39, 0.29) is 6.04 Å². The summed E-state index contributed by atoms with van der Waals surface area (Å²) < 4.78 is 2.85. The van der Waals surface area contributed by atoms with Gasteiger partial charge in [-0.2, -0.15) is 5.10 Å². The minimum absolute atomic E-state index is 0.148. The van der Waals surface area contributed by atoms with Crippen LogP contribution in [0.5, 0.6) is 0 Å². The molecule has 1 atom stereocenters. The second-order valence-corrected chi connectivity index (χ2v) is 5.33. The molecule has 1 heterocycles. The summed E-state index contributed by atoms with van der Waals surface area (Å²) in [6, 6.07) is 6.51. The van der Waals surface area contributed by atoms with Crippen LogP contribution in [0.3, 0.4) is 0 Å². The van der Waals surface area contributed by atoms with E-state index in [0.29, 0.717) is 0 Å². The van der Waals surface area contributed by atoms with Gasteiger partial charge in [-0.15, -0.1) is 0 Å². The summed E-state index contributed by atoms with van der Waals surface area (Å²) >= 11 is 3.41. The number of rotatable bonds is 3. The van der Waals surface area contributed by atoms with Gasteiger partial charge in [-0.3, -0.25) is 0 Å². The first-order valence-corrected chi connectivity index (χ1v) is 6.41. The molecule has 0 bridgehead atoms. The Balaban J connectivity index is 2.45. The molecule has 4 heteroatoms. The molecule has 0 aliphatic rings. The number of benzene rings is 1. The first kappa shape index (κ1) is 12.3. The van der Waals surface area contributed by atoms with Crippen LogP contribution in [0.15, 0.2) is 35.1 Å². The standard InChI is InChI=1S/C13H16BrN3/c1-9-3-4-13(11(5-9)6-10(2)15)17-8-12(14)7-16-17/h3-5,7-8,10H,6,15H2,1-2H3. The van der Waals surface area contributed by atoms with Gasteiger partial charge in [-0.25, -0.2) is 4.68 Å². The van der Waals surface area contributed by atoms with E-state index in [4.69, 9.17) is 5.73 Å². The smallest absolute Gasteiger partial charge is 0.0678 e. The Labute approximate surface area is 110 Å². The van der Waals surface area contributed by atoms with Crippen molar-refractivity contribution in [3.05, 3.63) is 46.2 Å². The predicted octanol–water partition coefficient (Wildman–Crippen LogP) is 2.83. The molecule has 0 fully saturated rings. The molecule has 2 aromatic rings. The van der Waals surface area contributed by atoms with Gasteiger partial charge in [0, 0.05) is 12.2 Å². The summed E-state index contributed by atoms with van der Waals surface area (Å²) in [4.78, 5) is 0. The molecule has 0 saturated heterocycles. The molecule has 1 aromatic carbocycles. The summed E-state index contributed by atoms with van der Waals surface area (Å²) in [5.41, 5.74) is 9.46. The summed E-state index contributed by atoms with van der Waals surface area (Å²) in [7, 11) is 0. The van der Waals surface area contributed by atoms with Gasteiger partial charge in [-0.1, -0.05) is 17.7 Å². The van der Waals surface area contributed by atoms with Gasteiger partial charge in [0.25, 0.3) is 0 Å². The molecule has 90 valence electrons. The van der Waals surface area contributed by atoms with Crippen LogP contribution in [0.4, 0.5) is 0 Å². The number of aryl methyl sites for hydroxylation is 1. The quantitative estimate of drug-likeness (QED) is 0.946. The van der Waals surface area contributed by atoms with E-state index in [9.17, 15) is 0 Å². The van der Waals surface area contributed by atoms with Crippen LogP contribution in [-0.2, 0) is 6.42 Å². The molecule has 17 heavy (non-hydrogen) atoms. The van der Waals surface area contributed by atoms with Crippen LogP contribution in [0.1, 0.15) is 18.1 Å². The van der Waals surface area contributed by atoms with E-state index in [1.54, 1.807) is 6.20 Å². The lowest BCUT2D eigenvalue weighted by Gasteiger charge is -2.12. The Morgan fingerprint density at radius 2 is 2.24 bits per heavy atom. The second-order valence-electron chi connectivity index (χ2n) is 4.42. The van der Waals surface area contributed by atoms with Crippen LogP contribution in [0.25, 0.3) is 5.69 Å². The van der Waals surface area contributed by atoms with Gasteiger partial charge in [0.15, 0.2) is 0 Å². The van der Waals surface area contributed by atoms with E-state index in [2.05, 4.69) is 46.2 Å². The summed E-state index contributed by atoms with van der Waals surface area (Å²) in [6.07, 6.45) is 4.60. The Morgan fingerprint density at radius 3 is 2.82 bits per heavy atom. The third-order valence-corrected chi connectivity index (χ3v) is 2.98. The van der Waals surface area contributed by atoms with Crippen LogP contribution in [0.2, 0.25) is 0 Å². The maximum absolute atomic E-state index is 5.89. The molecule has 0 aliphatic heterocycles. The Kier molecular flexibility index (Phi) is 3.64. The highest BCUT2D eigenvalue weighted by Gasteiger charge is 2.08. The average molecular weight is 294 g/mol. The van der Waals surface area contributed by atoms with Crippen LogP contribution in [-0.4, -0.2) is 15.8 Å². The Hall–Kier alpha value is -1.13. The fourth-order valence-electron chi connectivity index (χ4n) is 1.88. The summed E-state index contributed by atoms with van der Waals surface area (Å²) in [6.45, 7) is 4.11. The number of aromatic nitrogens is 2. The lowest BCUT2D eigenvalue weighted by molar-refractivity contribution is 0.727. The fraction of sp³-hybridized carbons (Fsp3) is 0.308. The molecule has 0 radical (unpaired) electrons. The maximum Gasteiger partial charge on any atom is 0.0678 e. The molecule has 0 saturated carbocycles. The normalized spacial score (nSPS) is 12.7. The van der Waals surface area contributed by atoms with Gasteiger partial charge in [0.05, 0.1) is 16.4 Å². The lowest BCUT2D eigenvalue weighted by atomic mass is 10.0. The third kappa shape index (κ3) is 2.96. The molecule has 1 unspecified atom stereocenters. The zero-order valence-electron chi connectivity index (χ0n) is 10.0. The number of nitrogens with zero attached hydrogens (tertiary/aromatic N) is 2. The largest absolute Gasteiger partial charge is 0.328 e. The van der Waals surface area contributed by atoms with E-state index in [0.717, 1.165) is 16.6 Å². The zero-order valence-corrected chi connectivity index (χ0v) is 11.6. The molecule has 2 N–H and O–H groups in total. The summed E-state index contributed by atoms with van der Waals surface area (Å²) in [5.74, 6) is 0. The molecule has 3 nitrogen and oxygen atoms in total. The van der Waals surface area contributed by atoms with Crippen molar-refractivity contribution in [2.24, 2.45) is 5.73 Å². The Morgan fingerprint density at radius 1 is 1.47 bits per heavy atom. The zero-order chi connectivity index (χ0) is 12.4. The van der Waals surface area contributed by atoms with E-state index >= 15 is 0 Å². The highest BCUT2D eigenvalue weighted by atomic mass is 79.9. The van der Waals surface area contributed by atoms with Crippen molar-refractivity contribution in [2.45, 2.75) is 26.3 Å². The van der Waals surface area contributed by atoms with Crippen molar-refractivity contribution < 1.29 is 0 Å². The number of nitrogens with two attached hydrogens (primary N) is 1. The predicted molar refractivity (Wildman–Crippen MR) is 73.4 cm³/mol. The van der Waals surface area contributed by atoms with Crippen molar-refractivity contribution in [1.29, 1.82) is 0 Å². The van der Waals surface area contributed by atoms with Crippen molar-refractivity contribution in [3.8, 4) is 5.69 Å². The van der Waals surface area contributed by atoms with Gasteiger partial charge in [0.2, 0.25) is 0 Å². The number of halogens is 1. The SMILES string of the molecule is Cc1ccc(-n2cc(Br)cn2)c(CC(C)N)c1. The molecular weight excluding hydrogens is 278 g/mol. The third-order valence-electron chi connectivity index (χ3n) is 2.57. The van der Waals surface area contributed by atoms with E-state index < -0.39 is 0 Å². The lowest BCUT2D eigenvalue weighted by Crippen LogP contribution is -2.19. The highest BCUT2D eigenvalue weighted by Crippen LogP contribution is 2.19. The van der Waals surface area contributed by atoms with Gasteiger partial charge in [0.1, 0.15) is 0 Å². The molecule has 2 rings (SSSR count). The van der Waals surface area contributed by atoms with Crippen molar-refractivity contribution in [2.75, 3.05) is 0 Å². The highest BCUT2D eigenvalue weighted by molar-refractivity contribution is 9.10. The number of hydrogen-bond acceptors (Lipinski definition) is 2. The van der Waals surface area contributed by atoms with Gasteiger partial charge < -0.3 is 5.73 Å². The minimum Gasteiger partial charge on any atom is -0.328 e. The summed E-state index contributed by atoms with van der Waals surface area (Å²) in [5, 5.41) is 4.31. The fourth-order valence-corrected chi connectivity index (χ4v) is 2.17.